The second-order valence-corrected chi connectivity index (χ2v) is 5.37. The first kappa shape index (κ1) is 20.0. The summed E-state index contributed by atoms with van der Waals surface area (Å²) in [5, 5.41) is 13.7. The van der Waals surface area contributed by atoms with Crippen molar-refractivity contribution >= 4 is 11.6 Å². The molecule has 0 aromatic heterocycles. The van der Waals surface area contributed by atoms with E-state index in [0.29, 0.717) is 6.07 Å². The van der Waals surface area contributed by atoms with E-state index in [1.807, 2.05) is 0 Å². The minimum atomic E-state index is -3.24. The predicted molar refractivity (Wildman–Crippen MR) is 88.6 cm³/mol. The van der Waals surface area contributed by atoms with E-state index >= 15 is 0 Å². The van der Waals surface area contributed by atoms with Gasteiger partial charge in [-0.25, -0.2) is 4.39 Å². The summed E-state index contributed by atoms with van der Waals surface area (Å²) in [5.41, 5.74) is -1.02. The summed E-state index contributed by atoms with van der Waals surface area (Å²) in [7, 11) is 1.13. The zero-order valence-corrected chi connectivity index (χ0v) is 14.2. The van der Waals surface area contributed by atoms with Crippen LogP contribution < -0.4 is 14.8 Å². The van der Waals surface area contributed by atoms with Gasteiger partial charge in [0.1, 0.15) is 11.4 Å². The van der Waals surface area contributed by atoms with Crippen molar-refractivity contribution in [2.75, 3.05) is 7.11 Å². The number of ether oxygens (including phenoxy) is 2. The van der Waals surface area contributed by atoms with Gasteiger partial charge in [0.2, 0.25) is 0 Å². The summed E-state index contributed by atoms with van der Waals surface area (Å²) in [6, 6.07) is 6.50. The maximum Gasteiger partial charge on any atom is 0.387 e. The minimum absolute atomic E-state index is 0.179. The van der Waals surface area contributed by atoms with E-state index in [2.05, 4.69) is 10.1 Å². The first-order chi connectivity index (χ1) is 12.7. The van der Waals surface area contributed by atoms with Gasteiger partial charge in [-0.05, 0) is 13.0 Å². The number of nitrogens with zero attached hydrogens (tertiary/aromatic N) is 1. The van der Waals surface area contributed by atoms with Gasteiger partial charge in [0.15, 0.2) is 11.5 Å². The summed E-state index contributed by atoms with van der Waals surface area (Å²) < 4.78 is 47.8. The molecule has 2 aromatic rings. The third-order valence-electron chi connectivity index (χ3n) is 3.66. The van der Waals surface area contributed by atoms with Crippen LogP contribution in [0.25, 0.3) is 0 Å². The average molecular weight is 384 g/mol. The van der Waals surface area contributed by atoms with Gasteiger partial charge in [-0.1, -0.05) is 18.2 Å². The molecule has 1 atom stereocenters. The van der Waals surface area contributed by atoms with Gasteiger partial charge in [-0.15, -0.1) is 0 Å². The fourth-order valence-corrected chi connectivity index (χ4v) is 2.41. The van der Waals surface area contributed by atoms with Crippen LogP contribution in [0.1, 0.15) is 28.9 Å². The van der Waals surface area contributed by atoms with E-state index in [9.17, 15) is 28.1 Å². The Balaban J connectivity index is 2.39. The Morgan fingerprint density at radius 2 is 1.89 bits per heavy atom. The Labute approximate surface area is 151 Å². The molecular weight excluding hydrogens is 369 g/mol. The molecule has 0 fully saturated rings. The van der Waals surface area contributed by atoms with Crippen LogP contribution in [-0.4, -0.2) is 24.6 Å². The van der Waals surface area contributed by atoms with Gasteiger partial charge in [0.25, 0.3) is 11.6 Å². The van der Waals surface area contributed by atoms with Gasteiger partial charge < -0.3 is 14.8 Å². The van der Waals surface area contributed by atoms with Crippen LogP contribution in [0.2, 0.25) is 0 Å². The first-order valence-electron chi connectivity index (χ1n) is 7.61. The Hall–Kier alpha value is -3.30. The lowest BCUT2D eigenvalue weighted by Crippen LogP contribution is -2.28. The van der Waals surface area contributed by atoms with Crippen molar-refractivity contribution in [1.82, 2.24) is 5.32 Å². The predicted octanol–water partition coefficient (Wildman–Crippen LogP) is 3.83. The van der Waals surface area contributed by atoms with Gasteiger partial charge in [0, 0.05) is 11.6 Å². The van der Waals surface area contributed by atoms with Crippen LogP contribution >= 0.6 is 0 Å². The van der Waals surface area contributed by atoms with Crippen LogP contribution in [0.4, 0.5) is 18.9 Å². The highest BCUT2D eigenvalue weighted by Crippen LogP contribution is 2.36. The van der Waals surface area contributed by atoms with Crippen LogP contribution in [0.3, 0.4) is 0 Å². The quantitative estimate of drug-likeness (QED) is 0.579. The summed E-state index contributed by atoms with van der Waals surface area (Å²) in [6.45, 7) is -1.74. The SMILES string of the molecule is COc1cc(C(=O)NC(C)c2ccccc2F)c([N+](=O)[O-])cc1OC(F)F. The van der Waals surface area contributed by atoms with E-state index in [0.717, 1.165) is 13.2 Å². The molecule has 2 aromatic carbocycles. The number of alkyl halides is 2. The Bertz CT molecular complexity index is 860. The Kier molecular flexibility index (Phi) is 6.22. The van der Waals surface area contributed by atoms with Crippen LogP contribution in [-0.2, 0) is 0 Å². The number of nitro groups is 1. The van der Waals surface area contributed by atoms with E-state index in [1.165, 1.54) is 25.1 Å². The molecule has 7 nitrogen and oxygen atoms in total. The molecule has 0 bridgehead atoms. The summed E-state index contributed by atoms with van der Waals surface area (Å²) in [4.78, 5) is 22.8. The molecule has 1 N–H and O–H groups in total. The van der Waals surface area contributed by atoms with E-state index < -0.39 is 46.3 Å². The van der Waals surface area contributed by atoms with Gasteiger partial charge in [-0.2, -0.15) is 8.78 Å². The second-order valence-electron chi connectivity index (χ2n) is 5.37. The number of carbonyl (C=O) groups is 1. The lowest BCUT2D eigenvalue weighted by atomic mass is 10.1. The fourth-order valence-electron chi connectivity index (χ4n) is 2.41. The smallest absolute Gasteiger partial charge is 0.387 e. The molecule has 0 saturated carbocycles. The molecule has 10 heteroatoms. The third kappa shape index (κ3) is 4.66. The summed E-state index contributed by atoms with van der Waals surface area (Å²) >= 11 is 0. The number of hydrogen-bond donors (Lipinski definition) is 1. The lowest BCUT2D eigenvalue weighted by molar-refractivity contribution is -0.385. The number of methoxy groups -OCH3 is 1. The molecule has 0 aliphatic heterocycles. The molecule has 0 saturated heterocycles. The van der Waals surface area contributed by atoms with E-state index in [1.54, 1.807) is 6.07 Å². The molecule has 1 amide bonds. The second kappa shape index (κ2) is 8.39. The monoisotopic (exact) mass is 384 g/mol. The maximum atomic E-state index is 13.8. The Morgan fingerprint density at radius 1 is 1.22 bits per heavy atom. The standard InChI is InChI=1S/C17H15F3N2O5/c1-9(10-5-3-4-6-12(10)18)21-16(23)11-7-14(26-2)15(27-17(19)20)8-13(11)22(24)25/h3-9,17H,1-2H3,(H,21,23). The summed E-state index contributed by atoms with van der Waals surface area (Å²) in [5.74, 6) is -2.33. The van der Waals surface area contributed by atoms with Crippen molar-refractivity contribution in [2.45, 2.75) is 19.6 Å². The van der Waals surface area contributed by atoms with E-state index in [4.69, 9.17) is 4.74 Å². The van der Waals surface area contributed by atoms with Crippen molar-refractivity contribution in [3.63, 3.8) is 0 Å². The number of amides is 1. The minimum Gasteiger partial charge on any atom is -0.493 e. The highest BCUT2D eigenvalue weighted by atomic mass is 19.3. The Morgan fingerprint density at radius 3 is 2.44 bits per heavy atom. The normalized spacial score (nSPS) is 11.8. The topological polar surface area (TPSA) is 90.7 Å². The number of nitrogens with one attached hydrogen (secondary N) is 1. The molecule has 0 spiro atoms. The number of benzene rings is 2. The number of nitro benzene ring substituents is 1. The molecule has 27 heavy (non-hydrogen) atoms. The molecule has 0 radical (unpaired) electrons. The molecule has 2 rings (SSSR count). The van der Waals surface area contributed by atoms with Gasteiger partial charge >= 0.3 is 6.61 Å². The molecule has 1 unspecified atom stereocenters. The van der Waals surface area contributed by atoms with Crippen molar-refractivity contribution in [1.29, 1.82) is 0 Å². The zero-order chi connectivity index (χ0) is 20.1. The van der Waals surface area contributed by atoms with E-state index in [-0.39, 0.29) is 11.3 Å². The van der Waals surface area contributed by atoms with Crippen molar-refractivity contribution < 1.29 is 32.4 Å². The lowest BCUT2D eigenvalue weighted by Gasteiger charge is -2.16. The van der Waals surface area contributed by atoms with Gasteiger partial charge in [0.05, 0.1) is 24.1 Å². The first-order valence-corrected chi connectivity index (χ1v) is 7.61. The molecular formula is C17H15F3N2O5. The third-order valence-corrected chi connectivity index (χ3v) is 3.66. The fraction of sp³-hybridized carbons (Fsp3) is 0.235. The van der Waals surface area contributed by atoms with Crippen molar-refractivity contribution in [2.24, 2.45) is 0 Å². The van der Waals surface area contributed by atoms with Crippen molar-refractivity contribution in [3.05, 3.63) is 63.5 Å². The number of hydrogen-bond acceptors (Lipinski definition) is 5. The number of rotatable bonds is 7. The molecule has 0 aliphatic carbocycles. The highest BCUT2D eigenvalue weighted by molar-refractivity contribution is 5.99. The van der Waals surface area contributed by atoms with Crippen LogP contribution in [0.15, 0.2) is 36.4 Å². The maximum absolute atomic E-state index is 13.8. The number of halogens is 3. The van der Waals surface area contributed by atoms with Crippen LogP contribution in [0.5, 0.6) is 11.5 Å². The van der Waals surface area contributed by atoms with Gasteiger partial charge in [-0.3, -0.25) is 14.9 Å². The number of carbonyl (C=O) groups excluding carboxylic acids is 1. The highest BCUT2D eigenvalue weighted by Gasteiger charge is 2.27. The van der Waals surface area contributed by atoms with Crippen molar-refractivity contribution in [3.8, 4) is 11.5 Å². The molecule has 0 aliphatic rings. The summed E-state index contributed by atoms with van der Waals surface area (Å²) in [6.07, 6.45) is 0. The zero-order valence-electron chi connectivity index (χ0n) is 14.2. The molecule has 144 valence electrons. The average Bonchev–Trinajstić information content (AvgIpc) is 2.60. The molecule has 0 heterocycles. The van der Waals surface area contributed by atoms with Crippen LogP contribution in [0, 0.1) is 15.9 Å². The largest absolute Gasteiger partial charge is 0.493 e.